The van der Waals surface area contributed by atoms with Gasteiger partial charge in [0.25, 0.3) is 0 Å². The van der Waals surface area contributed by atoms with Crippen LogP contribution in [0.2, 0.25) is 0 Å². The molecule has 1 aliphatic heterocycles. The Morgan fingerprint density at radius 1 is 1.33 bits per heavy atom. The maximum absolute atomic E-state index is 9.30. The highest BCUT2D eigenvalue weighted by atomic mass is 16.3. The van der Waals surface area contributed by atoms with E-state index < -0.39 is 0 Å². The zero-order chi connectivity index (χ0) is 8.44. The van der Waals surface area contributed by atoms with Crippen LogP contribution in [-0.2, 0) is 0 Å². The first-order chi connectivity index (χ1) is 5.85. The molecule has 1 aliphatic carbocycles. The molecule has 1 heterocycles. The standard InChI is InChI=1S/C9H18N2O/c12-7-9(3-1-2-4-9)11-8-5-10-6-8/h8,10-12H,1-7H2. The van der Waals surface area contributed by atoms with Crippen molar-refractivity contribution in [3.63, 3.8) is 0 Å². The summed E-state index contributed by atoms with van der Waals surface area (Å²) in [6.07, 6.45) is 4.85. The third kappa shape index (κ3) is 1.49. The molecular formula is C9H18N2O. The quantitative estimate of drug-likeness (QED) is 0.552. The molecule has 12 heavy (non-hydrogen) atoms. The highest BCUT2D eigenvalue weighted by Gasteiger charge is 2.36. The number of nitrogens with one attached hydrogen (secondary N) is 2. The summed E-state index contributed by atoms with van der Waals surface area (Å²) in [5.41, 5.74) is 0.0762. The molecular weight excluding hydrogens is 152 g/mol. The van der Waals surface area contributed by atoms with Crippen molar-refractivity contribution in [3.05, 3.63) is 0 Å². The highest BCUT2D eigenvalue weighted by molar-refractivity contribution is 4.97. The van der Waals surface area contributed by atoms with E-state index in [2.05, 4.69) is 10.6 Å². The molecule has 0 aromatic rings. The summed E-state index contributed by atoms with van der Waals surface area (Å²) in [7, 11) is 0. The van der Waals surface area contributed by atoms with Crippen LogP contribution in [0.4, 0.5) is 0 Å². The Labute approximate surface area is 73.5 Å². The zero-order valence-corrected chi connectivity index (χ0v) is 7.47. The molecule has 1 saturated carbocycles. The maximum Gasteiger partial charge on any atom is 0.0613 e. The molecule has 0 bridgehead atoms. The van der Waals surface area contributed by atoms with Gasteiger partial charge in [-0.1, -0.05) is 12.8 Å². The van der Waals surface area contributed by atoms with Crippen molar-refractivity contribution in [2.75, 3.05) is 19.7 Å². The van der Waals surface area contributed by atoms with Gasteiger partial charge in [0, 0.05) is 24.7 Å². The largest absolute Gasteiger partial charge is 0.394 e. The molecule has 0 aromatic heterocycles. The van der Waals surface area contributed by atoms with E-state index in [1.165, 1.54) is 12.8 Å². The molecule has 3 N–H and O–H groups in total. The van der Waals surface area contributed by atoms with Gasteiger partial charge in [0.05, 0.1) is 6.61 Å². The van der Waals surface area contributed by atoms with E-state index in [9.17, 15) is 5.11 Å². The third-order valence-corrected chi connectivity index (χ3v) is 3.16. The average Bonchev–Trinajstić information content (AvgIpc) is 2.46. The lowest BCUT2D eigenvalue weighted by molar-refractivity contribution is 0.138. The minimum atomic E-state index is 0.0762. The van der Waals surface area contributed by atoms with Gasteiger partial charge in [-0.05, 0) is 12.8 Å². The van der Waals surface area contributed by atoms with Crippen LogP contribution in [0, 0.1) is 0 Å². The van der Waals surface area contributed by atoms with Crippen LogP contribution in [0.5, 0.6) is 0 Å². The smallest absolute Gasteiger partial charge is 0.0613 e. The van der Waals surface area contributed by atoms with Crippen molar-refractivity contribution in [2.45, 2.75) is 37.3 Å². The number of aliphatic hydroxyl groups excluding tert-OH is 1. The van der Waals surface area contributed by atoms with E-state index in [-0.39, 0.29) is 5.54 Å². The van der Waals surface area contributed by atoms with Crippen LogP contribution in [0.25, 0.3) is 0 Å². The van der Waals surface area contributed by atoms with Gasteiger partial charge in [-0.15, -0.1) is 0 Å². The van der Waals surface area contributed by atoms with Gasteiger partial charge in [-0.2, -0.15) is 0 Å². The summed E-state index contributed by atoms with van der Waals surface area (Å²) < 4.78 is 0. The monoisotopic (exact) mass is 170 g/mol. The summed E-state index contributed by atoms with van der Waals surface area (Å²) in [6.45, 7) is 2.45. The highest BCUT2D eigenvalue weighted by Crippen LogP contribution is 2.29. The SMILES string of the molecule is OCC1(NC2CNC2)CCCC1. The predicted molar refractivity (Wildman–Crippen MR) is 48.1 cm³/mol. The van der Waals surface area contributed by atoms with E-state index in [1.807, 2.05) is 0 Å². The Morgan fingerprint density at radius 3 is 2.42 bits per heavy atom. The number of rotatable bonds is 3. The predicted octanol–water partition coefficient (Wildman–Crippen LogP) is -0.147. The summed E-state index contributed by atoms with van der Waals surface area (Å²) >= 11 is 0. The second-order valence-electron chi connectivity index (χ2n) is 4.15. The van der Waals surface area contributed by atoms with Crippen molar-refractivity contribution in [1.82, 2.24) is 10.6 Å². The fraction of sp³-hybridized carbons (Fsp3) is 1.00. The molecule has 3 nitrogen and oxygen atoms in total. The fourth-order valence-corrected chi connectivity index (χ4v) is 2.22. The number of hydrogen-bond acceptors (Lipinski definition) is 3. The molecule has 0 unspecified atom stereocenters. The van der Waals surface area contributed by atoms with Gasteiger partial charge in [-0.3, -0.25) is 0 Å². The molecule has 2 aliphatic rings. The van der Waals surface area contributed by atoms with Crippen molar-refractivity contribution in [1.29, 1.82) is 0 Å². The Balaban J connectivity index is 1.87. The first-order valence-electron chi connectivity index (χ1n) is 4.94. The molecule has 0 atom stereocenters. The number of hydrogen-bond donors (Lipinski definition) is 3. The van der Waals surface area contributed by atoms with Crippen molar-refractivity contribution < 1.29 is 5.11 Å². The molecule has 2 rings (SSSR count). The van der Waals surface area contributed by atoms with Gasteiger partial charge in [0.15, 0.2) is 0 Å². The van der Waals surface area contributed by atoms with Gasteiger partial charge in [0.1, 0.15) is 0 Å². The van der Waals surface area contributed by atoms with Crippen molar-refractivity contribution in [3.8, 4) is 0 Å². The van der Waals surface area contributed by atoms with Gasteiger partial charge >= 0.3 is 0 Å². The molecule has 0 aromatic carbocycles. The topological polar surface area (TPSA) is 44.3 Å². The van der Waals surface area contributed by atoms with Crippen LogP contribution in [0.3, 0.4) is 0 Å². The summed E-state index contributed by atoms with van der Waals surface area (Å²) in [6, 6.07) is 0.607. The normalized spacial score (nSPS) is 28.8. The molecule has 0 amide bonds. The van der Waals surface area contributed by atoms with Crippen LogP contribution in [0.15, 0.2) is 0 Å². The van der Waals surface area contributed by atoms with E-state index >= 15 is 0 Å². The third-order valence-electron chi connectivity index (χ3n) is 3.16. The van der Waals surface area contributed by atoms with E-state index in [0.29, 0.717) is 12.6 Å². The summed E-state index contributed by atoms with van der Waals surface area (Å²) in [4.78, 5) is 0. The van der Waals surface area contributed by atoms with E-state index in [4.69, 9.17) is 0 Å². The van der Waals surface area contributed by atoms with Crippen molar-refractivity contribution >= 4 is 0 Å². The maximum atomic E-state index is 9.30. The Kier molecular flexibility index (Phi) is 2.35. The van der Waals surface area contributed by atoms with E-state index in [1.54, 1.807) is 0 Å². The molecule has 3 heteroatoms. The minimum absolute atomic E-state index is 0.0762. The first kappa shape index (κ1) is 8.48. The number of aliphatic hydroxyl groups is 1. The lowest BCUT2D eigenvalue weighted by Crippen LogP contribution is -2.63. The first-order valence-corrected chi connectivity index (χ1v) is 4.94. The minimum Gasteiger partial charge on any atom is -0.394 e. The van der Waals surface area contributed by atoms with Crippen molar-refractivity contribution in [2.24, 2.45) is 0 Å². The summed E-state index contributed by atoms with van der Waals surface area (Å²) in [5, 5.41) is 16.1. The van der Waals surface area contributed by atoms with Gasteiger partial charge < -0.3 is 15.7 Å². The second kappa shape index (κ2) is 3.32. The second-order valence-corrected chi connectivity index (χ2v) is 4.15. The van der Waals surface area contributed by atoms with Crippen LogP contribution < -0.4 is 10.6 Å². The zero-order valence-electron chi connectivity index (χ0n) is 7.47. The molecule has 0 spiro atoms. The van der Waals surface area contributed by atoms with Crippen LogP contribution >= 0.6 is 0 Å². The lowest BCUT2D eigenvalue weighted by atomic mass is 9.96. The Morgan fingerprint density at radius 2 is 2.00 bits per heavy atom. The molecule has 0 radical (unpaired) electrons. The van der Waals surface area contributed by atoms with Gasteiger partial charge in [-0.25, -0.2) is 0 Å². The lowest BCUT2D eigenvalue weighted by Gasteiger charge is -2.38. The van der Waals surface area contributed by atoms with Crippen LogP contribution in [0.1, 0.15) is 25.7 Å². The van der Waals surface area contributed by atoms with Crippen LogP contribution in [-0.4, -0.2) is 36.4 Å². The van der Waals surface area contributed by atoms with Gasteiger partial charge in [0.2, 0.25) is 0 Å². The molecule has 1 saturated heterocycles. The van der Waals surface area contributed by atoms with E-state index in [0.717, 1.165) is 25.9 Å². The Hall–Kier alpha value is -0.120. The average molecular weight is 170 g/mol. The molecule has 2 fully saturated rings. The Bertz CT molecular complexity index is 151. The fourth-order valence-electron chi connectivity index (χ4n) is 2.22. The summed E-state index contributed by atoms with van der Waals surface area (Å²) in [5.74, 6) is 0. The molecule has 70 valence electrons.